The first-order chi connectivity index (χ1) is 10.2. The van der Waals surface area contributed by atoms with E-state index in [1.54, 1.807) is 7.11 Å². The topological polar surface area (TPSA) is 58.6 Å². The van der Waals surface area contributed by atoms with Gasteiger partial charge in [0, 0.05) is 20.3 Å². The summed E-state index contributed by atoms with van der Waals surface area (Å²) in [6.45, 7) is 3.43. The quantitative estimate of drug-likeness (QED) is 0.729. The molecule has 1 saturated heterocycles. The number of carbonyl (C=O) groups excluding carboxylic acids is 2. The zero-order chi connectivity index (χ0) is 15.3. The van der Waals surface area contributed by atoms with Crippen molar-refractivity contribution in [2.24, 2.45) is 0 Å². The summed E-state index contributed by atoms with van der Waals surface area (Å²) in [5, 5.41) is 2.98. The number of nitrogens with zero attached hydrogens (tertiary/aromatic N) is 1. The molecule has 1 N–H and O–H groups in total. The Morgan fingerprint density at radius 1 is 1.29 bits per heavy atom. The second-order valence-electron chi connectivity index (χ2n) is 6.24. The van der Waals surface area contributed by atoms with Gasteiger partial charge in [0.05, 0.1) is 0 Å². The van der Waals surface area contributed by atoms with Crippen LogP contribution < -0.4 is 5.32 Å². The molecule has 0 bridgehead atoms. The van der Waals surface area contributed by atoms with Crippen LogP contribution in [0.5, 0.6) is 0 Å². The van der Waals surface area contributed by atoms with Crippen LogP contribution >= 0.6 is 0 Å². The Balaban J connectivity index is 2.11. The molecule has 2 rings (SSSR count). The molecule has 2 amide bonds. The third kappa shape index (κ3) is 3.23. The predicted molar refractivity (Wildman–Crippen MR) is 80.9 cm³/mol. The highest BCUT2D eigenvalue weighted by atomic mass is 16.5. The van der Waals surface area contributed by atoms with E-state index in [9.17, 15) is 9.59 Å². The minimum Gasteiger partial charge on any atom is -0.385 e. The molecule has 5 nitrogen and oxygen atoms in total. The summed E-state index contributed by atoms with van der Waals surface area (Å²) in [7, 11) is 1.69. The number of hydrogen-bond donors (Lipinski definition) is 1. The number of amides is 2. The Morgan fingerprint density at radius 3 is 2.62 bits per heavy atom. The van der Waals surface area contributed by atoms with Gasteiger partial charge in [-0.05, 0) is 32.1 Å². The Kier molecular flexibility index (Phi) is 5.62. The van der Waals surface area contributed by atoms with Gasteiger partial charge in [-0.15, -0.1) is 0 Å². The lowest BCUT2D eigenvalue weighted by Gasteiger charge is -2.46. The first kappa shape index (κ1) is 16.3. The number of unbranched alkanes of at least 4 members (excludes halogenated alkanes) is 1. The van der Waals surface area contributed by atoms with Crippen LogP contribution in [0.25, 0.3) is 0 Å². The van der Waals surface area contributed by atoms with Crippen LogP contribution in [0, 0.1) is 0 Å². The van der Waals surface area contributed by atoms with Crippen LogP contribution in [0.1, 0.15) is 58.3 Å². The fourth-order valence-electron chi connectivity index (χ4n) is 3.66. The number of ether oxygens (including phenoxy) is 1. The molecule has 0 aromatic carbocycles. The summed E-state index contributed by atoms with van der Waals surface area (Å²) >= 11 is 0. The molecule has 1 unspecified atom stereocenters. The molecule has 1 spiro atoms. The van der Waals surface area contributed by atoms with E-state index < -0.39 is 5.54 Å². The van der Waals surface area contributed by atoms with Gasteiger partial charge >= 0.3 is 0 Å². The van der Waals surface area contributed by atoms with Gasteiger partial charge in [-0.2, -0.15) is 0 Å². The largest absolute Gasteiger partial charge is 0.385 e. The van der Waals surface area contributed by atoms with Gasteiger partial charge in [-0.3, -0.25) is 9.59 Å². The normalized spacial score (nSPS) is 24.7. The van der Waals surface area contributed by atoms with Gasteiger partial charge in [0.1, 0.15) is 11.6 Å². The highest BCUT2D eigenvalue weighted by molar-refractivity contribution is 6.00. The first-order valence-electron chi connectivity index (χ1n) is 8.27. The van der Waals surface area contributed by atoms with Crippen molar-refractivity contribution < 1.29 is 14.3 Å². The van der Waals surface area contributed by atoms with Crippen molar-refractivity contribution in [3.63, 3.8) is 0 Å². The fourth-order valence-corrected chi connectivity index (χ4v) is 3.66. The molecule has 1 saturated carbocycles. The van der Waals surface area contributed by atoms with Gasteiger partial charge in [0.2, 0.25) is 11.8 Å². The van der Waals surface area contributed by atoms with Crippen molar-refractivity contribution in [3.05, 3.63) is 0 Å². The summed E-state index contributed by atoms with van der Waals surface area (Å²) in [4.78, 5) is 27.3. The van der Waals surface area contributed by atoms with Gasteiger partial charge in [-0.25, -0.2) is 0 Å². The van der Waals surface area contributed by atoms with Crippen LogP contribution in [-0.4, -0.2) is 48.6 Å². The number of piperazine rings is 1. The zero-order valence-corrected chi connectivity index (χ0v) is 13.3. The van der Waals surface area contributed by atoms with Crippen molar-refractivity contribution >= 4 is 11.8 Å². The predicted octanol–water partition coefficient (Wildman–Crippen LogP) is 1.85. The van der Waals surface area contributed by atoms with Gasteiger partial charge in [0.15, 0.2) is 0 Å². The highest BCUT2D eigenvalue weighted by Gasteiger charge is 2.53. The van der Waals surface area contributed by atoms with Crippen molar-refractivity contribution in [1.29, 1.82) is 0 Å². The monoisotopic (exact) mass is 296 g/mol. The number of hydrogen-bond acceptors (Lipinski definition) is 3. The van der Waals surface area contributed by atoms with Gasteiger partial charge < -0.3 is 15.0 Å². The molecule has 0 aromatic rings. The Hall–Kier alpha value is -1.10. The molecule has 1 atom stereocenters. The van der Waals surface area contributed by atoms with Crippen molar-refractivity contribution in [1.82, 2.24) is 10.2 Å². The summed E-state index contributed by atoms with van der Waals surface area (Å²) < 4.78 is 5.07. The summed E-state index contributed by atoms with van der Waals surface area (Å²) in [5.74, 6) is 0.195. The minimum absolute atomic E-state index is 0.0739. The molecule has 0 aromatic heterocycles. The first-order valence-corrected chi connectivity index (χ1v) is 8.27. The summed E-state index contributed by atoms with van der Waals surface area (Å²) in [6.07, 6.45) is 7.16. The smallest absolute Gasteiger partial charge is 0.246 e. The maximum Gasteiger partial charge on any atom is 0.246 e. The maximum atomic E-state index is 12.8. The number of carbonyl (C=O) groups is 2. The van der Waals surface area contributed by atoms with E-state index in [-0.39, 0.29) is 17.9 Å². The summed E-state index contributed by atoms with van der Waals surface area (Å²) in [6, 6.07) is -0.323. The van der Waals surface area contributed by atoms with E-state index in [2.05, 4.69) is 5.32 Å². The molecule has 2 aliphatic rings. The number of methoxy groups -OCH3 is 1. The third-order valence-corrected chi connectivity index (χ3v) is 4.80. The number of rotatable bonds is 7. The SMILES string of the molecule is CCCC1NC(=O)C2(CCCC2)N(CCCCOC)C1=O. The number of nitrogens with one attached hydrogen (secondary N) is 1. The van der Waals surface area contributed by atoms with Crippen LogP contribution in [0.2, 0.25) is 0 Å². The molecular formula is C16H28N2O3. The van der Waals surface area contributed by atoms with Crippen LogP contribution in [-0.2, 0) is 14.3 Å². The van der Waals surface area contributed by atoms with E-state index in [1.165, 1.54) is 0 Å². The van der Waals surface area contributed by atoms with E-state index in [1.807, 2.05) is 11.8 Å². The molecule has 1 heterocycles. The minimum atomic E-state index is -0.561. The Labute approximate surface area is 127 Å². The molecule has 21 heavy (non-hydrogen) atoms. The molecular weight excluding hydrogens is 268 g/mol. The molecule has 1 aliphatic carbocycles. The lowest BCUT2D eigenvalue weighted by Crippen LogP contribution is -2.69. The Bertz CT molecular complexity index is 378. The van der Waals surface area contributed by atoms with Crippen LogP contribution in [0.15, 0.2) is 0 Å². The van der Waals surface area contributed by atoms with E-state index in [0.717, 1.165) is 51.4 Å². The molecule has 1 aliphatic heterocycles. The van der Waals surface area contributed by atoms with E-state index in [4.69, 9.17) is 4.74 Å². The average Bonchev–Trinajstić information content (AvgIpc) is 2.95. The van der Waals surface area contributed by atoms with Gasteiger partial charge in [0.25, 0.3) is 0 Å². The second kappa shape index (κ2) is 7.25. The lowest BCUT2D eigenvalue weighted by molar-refractivity contribution is -0.157. The Morgan fingerprint density at radius 2 is 2.00 bits per heavy atom. The maximum absolute atomic E-state index is 12.8. The molecule has 5 heteroatoms. The molecule has 2 fully saturated rings. The standard InChI is InChI=1S/C16H28N2O3/c1-3-8-13-14(19)18(11-6-7-12-21-2)16(15(20)17-13)9-4-5-10-16/h13H,3-12H2,1-2H3,(H,17,20). The van der Waals surface area contributed by atoms with Crippen LogP contribution in [0.4, 0.5) is 0 Å². The van der Waals surface area contributed by atoms with Gasteiger partial charge in [-0.1, -0.05) is 26.2 Å². The lowest BCUT2D eigenvalue weighted by atomic mass is 9.88. The fraction of sp³-hybridized carbons (Fsp3) is 0.875. The molecule has 120 valence electrons. The second-order valence-corrected chi connectivity index (χ2v) is 6.24. The third-order valence-electron chi connectivity index (χ3n) is 4.80. The van der Waals surface area contributed by atoms with E-state index >= 15 is 0 Å². The van der Waals surface area contributed by atoms with Crippen molar-refractivity contribution in [2.45, 2.75) is 69.9 Å². The van der Waals surface area contributed by atoms with Crippen molar-refractivity contribution in [2.75, 3.05) is 20.3 Å². The average molecular weight is 296 g/mol. The highest BCUT2D eigenvalue weighted by Crippen LogP contribution is 2.38. The van der Waals surface area contributed by atoms with Crippen molar-refractivity contribution in [3.8, 4) is 0 Å². The van der Waals surface area contributed by atoms with Crippen LogP contribution in [0.3, 0.4) is 0 Å². The van der Waals surface area contributed by atoms with E-state index in [0.29, 0.717) is 13.2 Å². The summed E-state index contributed by atoms with van der Waals surface area (Å²) in [5.41, 5.74) is -0.561. The molecule has 0 radical (unpaired) electrons. The zero-order valence-electron chi connectivity index (χ0n) is 13.3.